The maximum Gasteiger partial charge on any atom is 0.331 e. The average Bonchev–Trinajstić information content (AvgIpc) is 3.55. The number of hydrogen-bond donors (Lipinski definition) is 1. The van der Waals surface area contributed by atoms with Crippen molar-refractivity contribution >= 4 is 29.7 Å². The third-order valence-electron chi connectivity index (χ3n) is 5.74. The van der Waals surface area contributed by atoms with E-state index in [4.69, 9.17) is 11.6 Å². The topological polar surface area (TPSA) is 73.2 Å². The fraction of sp³-hybridized carbons (Fsp3) is 0.526. The summed E-state index contributed by atoms with van der Waals surface area (Å²) >= 11 is 6.14. The zero-order valence-corrected chi connectivity index (χ0v) is 15.3. The molecule has 2 aliphatic carbocycles. The number of aliphatic carboxylic acids is 1. The van der Waals surface area contributed by atoms with Crippen molar-refractivity contribution in [2.24, 2.45) is 4.99 Å². The first kappa shape index (κ1) is 17.5. The van der Waals surface area contributed by atoms with Crippen LogP contribution in [0.3, 0.4) is 0 Å². The quantitative estimate of drug-likeness (QED) is 0.801. The number of carboxylic acid groups (broad SMARTS) is 1. The number of aliphatic imine (C=N–C) groups is 1. The number of hydrogen-bond acceptors (Lipinski definition) is 4. The van der Waals surface area contributed by atoms with E-state index in [9.17, 15) is 14.7 Å². The average molecular weight is 376 g/mol. The number of amides is 1. The van der Waals surface area contributed by atoms with Crippen LogP contribution in [0.2, 0.25) is 5.02 Å². The van der Waals surface area contributed by atoms with Crippen LogP contribution in [0, 0.1) is 0 Å². The predicted octanol–water partition coefficient (Wildman–Crippen LogP) is 2.32. The van der Waals surface area contributed by atoms with Gasteiger partial charge in [-0.25, -0.2) is 4.79 Å². The summed E-state index contributed by atoms with van der Waals surface area (Å²) in [6.45, 7) is 2.82. The Balaban J connectivity index is 1.38. The van der Waals surface area contributed by atoms with Gasteiger partial charge in [0.25, 0.3) is 5.91 Å². The van der Waals surface area contributed by atoms with E-state index < -0.39 is 11.5 Å². The van der Waals surface area contributed by atoms with Gasteiger partial charge in [0, 0.05) is 32.4 Å². The number of piperazine rings is 1. The predicted molar refractivity (Wildman–Crippen MR) is 99.0 cm³/mol. The molecular weight excluding hydrogens is 354 g/mol. The molecule has 2 saturated carbocycles. The second-order valence-electron chi connectivity index (χ2n) is 7.46. The van der Waals surface area contributed by atoms with Gasteiger partial charge in [-0.1, -0.05) is 23.7 Å². The van der Waals surface area contributed by atoms with Gasteiger partial charge < -0.3 is 10.0 Å². The normalized spacial score (nSPS) is 23.8. The number of carbonyl (C=O) groups excluding carboxylic acids is 1. The van der Waals surface area contributed by atoms with Crippen molar-refractivity contribution in [3.8, 4) is 0 Å². The fourth-order valence-electron chi connectivity index (χ4n) is 3.58. The molecular formula is C19H22ClN3O3. The molecule has 1 saturated heterocycles. The summed E-state index contributed by atoms with van der Waals surface area (Å²) in [5.74, 6) is -0.851. The van der Waals surface area contributed by atoms with E-state index in [-0.39, 0.29) is 11.4 Å². The van der Waals surface area contributed by atoms with Crippen LogP contribution in [0.5, 0.6) is 0 Å². The number of halogens is 1. The molecule has 0 bridgehead atoms. The van der Waals surface area contributed by atoms with Crippen LogP contribution < -0.4 is 0 Å². The number of benzene rings is 1. The van der Waals surface area contributed by atoms with Gasteiger partial charge in [-0.2, -0.15) is 0 Å². The minimum Gasteiger partial charge on any atom is -0.479 e. The molecule has 1 N–H and O–H groups in total. The van der Waals surface area contributed by atoms with Crippen molar-refractivity contribution in [2.75, 3.05) is 26.2 Å². The van der Waals surface area contributed by atoms with Crippen LogP contribution in [0.1, 0.15) is 36.0 Å². The molecule has 1 amide bonds. The van der Waals surface area contributed by atoms with Gasteiger partial charge in [0.05, 0.1) is 16.1 Å². The van der Waals surface area contributed by atoms with Gasteiger partial charge in [0.15, 0.2) is 5.54 Å². The number of carboxylic acids is 1. The summed E-state index contributed by atoms with van der Waals surface area (Å²) in [5.41, 5.74) is -0.426. The van der Waals surface area contributed by atoms with Crippen LogP contribution in [-0.2, 0) is 4.79 Å². The maximum atomic E-state index is 12.7. The largest absolute Gasteiger partial charge is 0.479 e. The lowest BCUT2D eigenvalue weighted by Gasteiger charge is -2.38. The molecule has 7 heteroatoms. The lowest BCUT2D eigenvalue weighted by Crippen LogP contribution is -2.53. The molecule has 4 rings (SSSR count). The molecule has 6 nitrogen and oxygen atoms in total. The molecule has 1 aromatic rings. The van der Waals surface area contributed by atoms with Crippen LogP contribution in [0.15, 0.2) is 29.3 Å². The van der Waals surface area contributed by atoms with Crippen LogP contribution in [0.4, 0.5) is 0 Å². The minimum atomic E-state index is -0.864. The second kappa shape index (κ2) is 6.35. The number of nitrogens with zero attached hydrogens (tertiary/aromatic N) is 3. The van der Waals surface area contributed by atoms with Gasteiger partial charge in [-0.15, -0.1) is 0 Å². The van der Waals surface area contributed by atoms with Crippen LogP contribution in [0.25, 0.3) is 0 Å². The van der Waals surface area contributed by atoms with E-state index in [1.54, 1.807) is 12.1 Å². The zero-order chi connectivity index (χ0) is 18.4. The SMILES string of the molecule is O=C(c1ccccc1Cl)N1CCN(C2(C=NC3(C(=O)O)CC3)CC2)CC1. The Hall–Kier alpha value is -1.92. The lowest BCUT2D eigenvalue weighted by atomic mass is 10.1. The summed E-state index contributed by atoms with van der Waals surface area (Å²) in [7, 11) is 0. The number of rotatable bonds is 5. The second-order valence-corrected chi connectivity index (χ2v) is 7.86. The van der Waals surface area contributed by atoms with Gasteiger partial charge in [-0.05, 0) is 37.8 Å². The zero-order valence-electron chi connectivity index (χ0n) is 14.5. The molecule has 0 spiro atoms. The van der Waals surface area contributed by atoms with E-state index in [0.717, 1.165) is 25.9 Å². The molecule has 1 aromatic carbocycles. The smallest absolute Gasteiger partial charge is 0.331 e. The molecule has 26 heavy (non-hydrogen) atoms. The van der Waals surface area contributed by atoms with Crippen molar-refractivity contribution in [2.45, 2.75) is 36.8 Å². The van der Waals surface area contributed by atoms with Crippen LogP contribution >= 0.6 is 11.6 Å². The van der Waals surface area contributed by atoms with E-state index in [2.05, 4.69) is 9.89 Å². The third kappa shape index (κ3) is 3.12. The van der Waals surface area contributed by atoms with Crippen molar-refractivity contribution in [3.05, 3.63) is 34.9 Å². The van der Waals surface area contributed by atoms with Gasteiger partial charge >= 0.3 is 5.97 Å². The summed E-state index contributed by atoms with van der Waals surface area (Å²) in [6.07, 6.45) is 5.15. The molecule has 1 aliphatic heterocycles. The summed E-state index contributed by atoms with van der Waals surface area (Å²) < 4.78 is 0. The maximum absolute atomic E-state index is 12.7. The Labute approximate surface area is 157 Å². The molecule has 3 fully saturated rings. The molecule has 3 aliphatic rings. The van der Waals surface area contributed by atoms with Crippen molar-refractivity contribution in [1.82, 2.24) is 9.80 Å². The van der Waals surface area contributed by atoms with Crippen molar-refractivity contribution in [1.29, 1.82) is 0 Å². The highest BCUT2D eigenvalue weighted by Crippen LogP contribution is 2.44. The highest BCUT2D eigenvalue weighted by Gasteiger charge is 2.53. The van der Waals surface area contributed by atoms with Crippen molar-refractivity contribution < 1.29 is 14.7 Å². The molecule has 138 valence electrons. The van der Waals surface area contributed by atoms with E-state index in [0.29, 0.717) is 36.5 Å². The third-order valence-corrected chi connectivity index (χ3v) is 6.07. The minimum absolute atomic E-state index is 0.0309. The highest BCUT2D eigenvalue weighted by atomic mass is 35.5. The standard InChI is InChI=1S/C19H22ClN3O3/c20-15-4-2-1-3-14(15)16(24)22-9-11-23(12-10-22)18(5-6-18)13-21-19(7-8-19)17(25)26/h1-4,13H,5-12H2,(H,25,26). The summed E-state index contributed by atoms with van der Waals surface area (Å²) in [5, 5.41) is 9.76. The van der Waals surface area contributed by atoms with Gasteiger partial charge in [-0.3, -0.25) is 14.7 Å². The Morgan fingerprint density at radius 2 is 1.73 bits per heavy atom. The molecule has 0 unspecified atom stereocenters. The van der Waals surface area contributed by atoms with Gasteiger partial charge in [0.2, 0.25) is 0 Å². The molecule has 0 radical (unpaired) electrons. The van der Waals surface area contributed by atoms with E-state index in [1.807, 2.05) is 23.2 Å². The number of carbonyl (C=O) groups is 2. The van der Waals surface area contributed by atoms with Gasteiger partial charge in [0.1, 0.15) is 0 Å². The molecule has 0 aromatic heterocycles. The van der Waals surface area contributed by atoms with Crippen LogP contribution in [-0.4, -0.2) is 70.3 Å². The first-order valence-electron chi connectivity index (χ1n) is 9.05. The Kier molecular flexibility index (Phi) is 4.28. The van der Waals surface area contributed by atoms with E-state index in [1.165, 1.54) is 0 Å². The summed E-state index contributed by atoms with van der Waals surface area (Å²) in [4.78, 5) is 32.6. The first-order chi connectivity index (χ1) is 12.5. The monoisotopic (exact) mass is 375 g/mol. The lowest BCUT2D eigenvalue weighted by molar-refractivity contribution is -0.139. The Bertz CT molecular complexity index is 763. The first-order valence-corrected chi connectivity index (χ1v) is 9.42. The van der Waals surface area contributed by atoms with Crippen molar-refractivity contribution in [3.63, 3.8) is 0 Å². The fourth-order valence-corrected chi connectivity index (χ4v) is 3.79. The Morgan fingerprint density at radius 3 is 2.27 bits per heavy atom. The van der Waals surface area contributed by atoms with E-state index >= 15 is 0 Å². The highest BCUT2D eigenvalue weighted by molar-refractivity contribution is 6.33. The molecule has 1 heterocycles. The summed E-state index contributed by atoms with van der Waals surface area (Å²) in [6, 6.07) is 7.13. The molecule has 0 atom stereocenters. The Morgan fingerprint density at radius 1 is 1.08 bits per heavy atom.